The Morgan fingerprint density at radius 2 is 1.44 bits per heavy atom. The van der Waals surface area contributed by atoms with E-state index in [2.05, 4.69) is 10.6 Å². The maximum atomic E-state index is 12.9. The second-order valence-corrected chi connectivity index (χ2v) is 6.37. The van der Waals surface area contributed by atoms with Gasteiger partial charge in [-0.1, -0.05) is 24.3 Å². The SMILES string of the molecule is O=C1Nc2ccccc2C[C@]12Cc1ccc(C(F)(F)F)cc1NC2=O. The summed E-state index contributed by atoms with van der Waals surface area (Å²) in [5.41, 5.74) is -0.0712. The monoisotopic (exact) mass is 346 g/mol. The lowest BCUT2D eigenvalue weighted by molar-refractivity contribution is -0.139. The molecule has 2 aliphatic rings. The molecule has 0 aliphatic carbocycles. The van der Waals surface area contributed by atoms with Gasteiger partial charge in [-0.25, -0.2) is 0 Å². The molecular weight excluding hydrogens is 333 g/mol. The van der Waals surface area contributed by atoms with E-state index in [1.807, 2.05) is 12.1 Å². The van der Waals surface area contributed by atoms with Gasteiger partial charge in [0.25, 0.3) is 0 Å². The Morgan fingerprint density at radius 3 is 2.12 bits per heavy atom. The summed E-state index contributed by atoms with van der Waals surface area (Å²) < 4.78 is 38.6. The van der Waals surface area contributed by atoms with E-state index >= 15 is 0 Å². The lowest BCUT2D eigenvalue weighted by Gasteiger charge is -2.39. The van der Waals surface area contributed by atoms with Crippen LogP contribution in [0.3, 0.4) is 0 Å². The van der Waals surface area contributed by atoms with Gasteiger partial charge >= 0.3 is 6.18 Å². The van der Waals surface area contributed by atoms with Crippen LogP contribution in [-0.2, 0) is 28.6 Å². The van der Waals surface area contributed by atoms with Crippen molar-refractivity contribution in [2.75, 3.05) is 10.6 Å². The minimum atomic E-state index is -4.49. The number of benzene rings is 2. The van der Waals surface area contributed by atoms with Crippen molar-refractivity contribution in [2.24, 2.45) is 5.41 Å². The van der Waals surface area contributed by atoms with E-state index in [0.29, 0.717) is 11.3 Å². The Hall–Kier alpha value is -2.83. The molecule has 2 heterocycles. The third kappa shape index (κ3) is 2.38. The number of anilines is 2. The molecule has 2 amide bonds. The van der Waals surface area contributed by atoms with E-state index in [-0.39, 0.29) is 18.5 Å². The third-order valence-electron chi connectivity index (χ3n) is 4.80. The fraction of sp³-hybridized carbons (Fsp3) is 0.222. The number of carbonyl (C=O) groups excluding carboxylic acids is 2. The number of nitrogens with one attached hydrogen (secondary N) is 2. The van der Waals surface area contributed by atoms with Crippen LogP contribution in [0.15, 0.2) is 42.5 Å². The maximum Gasteiger partial charge on any atom is 0.416 e. The lowest BCUT2D eigenvalue weighted by Crippen LogP contribution is -2.53. The first-order chi connectivity index (χ1) is 11.8. The number of para-hydroxylation sites is 1. The molecule has 2 N–H and O–H groups in total. The average molecular weight is 346 g/mol. The number of fused-ring (bicyclic) bond motifs is 2. The minimum absolute atomic E-state index is 0.0620. The molecule has 4 rings (SSSR count). The van der Waals surface area contributed by atoms with Gasteiger partial charge in [0.2, 0.25) is 11.8 Å². The summed E-state index contributed by atoms with van der Waals surface area (Å²) in [6, 6.07) is 10.4. The molecule has 0 radical (unpaired) electrons. The Morgan fingerprint density at radius 1 is 0.840 bits per heavy atom. The highest BCUT2D eigenvalue weighted by molar-refractivity contribution is 6.17. The zero-order valence-corrected chi connectivity index (χ0v) is 12.9. The van der Waals surface area contributed by atoms with Crippen LogP contribution in [0.5, 0.6) is 0 Å². The van der Waals surface area contributed by atoms with Crippen molar-refractivity contribution in [3.8, 4) is 0 Å². The summed E-state index contributed by atoms with van der Waals surface area (Å²) in [4.78, 5) is 25.3. The summed E-state index contributed by atoms with van der Waals surface area (Å²) in [6.07, 6.45) is -4.22. The molecule has 0 bridgehead atoms. The summed E-state index contributed by atoms with van der Waals surface area (Å²) in [5.74, 6) is -1.01. The number of alkyl halides is 3. The predicted octanol–water partition coefficient (Wildman–Crippen LogP) is 3.38. The molecule has 128 valence electrons. The van der Waals surface area contributed by atoms with E-state index in [9.17, 15) is 22.8 Å². The van der Waals surface area contributed by atoms with Crippen molar-refractivity contribution in [1.82, 2.24) is 0 Å². The number of hydrogen-bond donors (Lipinski definition) is 2. The molecular formula is C18H13F3N2O2. The van der Waals surface area contributed by atoms with Crippen molar-refractivity contribution < 1.29 is 22.8 Å². The third-order valence-corrected chi connectivity index (χ3v) is 4.80. The van der Waals surface area contributed by atoms with Crippen molar-refractivity contribution in [2.45, 2.75) is 19.0 Å². The van der Waals surface area contributed by atoms with Gasteiger partial charge < -0.3 is 10.6 Å². The Kier molecular flexibility index (Phi) is 3.19. The van der Waals surface area contributed by atoms with E-state index < -0.39 is 29.0 Å². The van der Waals surface area contributed by atoms with Gasteiger partial charge in [0, 0.05) is 11.4 Å². The van der Waals surface area contributed by atoms with Crippen LogP contribution in [0.4, 0.5) is 24.5 Å². The topological polar surface area (TPSA) is 58.2 Å². The molecule has 2 aromatic rings. The molecule has 0 unspecified atom stereocenters. The number of hydrogen-bond acceptors (Lipinski definition) is 2. The van der Waals surface area contributed by atoms with Crippen LogP contribution in [-0.4, -0.2) is 11.8 Å². The van der Waals surface area contributed by atoms with Gasteiger partial charge in [0.05, 0.1) is 5.56 Å². The van der Waals surface area contributed by atoms with Gasteiger partial charge in [-0.05, 0) is 42.2 Å². The smallest absolute Gasteiger partial charge is 0.325 e. The molecule has 7 heteroatoms. The van der Waals surface area contributed by atoms with E-state index in [4.69, 9.17) is 0 Å². The van der Waals surface area contributed by atoms with Crippen molar-refractivity contribution in [3.63, 3.8) is 0 Å². The number of carbonyl (C=O) groups is 2. The van der Waals surface area contributed by atoms with Gasteiger partial charge in [-0.3, -0.25) is 9.59 Å². The van der Waals surface area contributed by atoms with Crippen molar-refractivity contribution >= 4 is 23.2 Å². The quantitative estimate of drug-likeness (QED) is 0.719. The van der Waals surface area contributed by atoms with Gasteiger partial charge in [0.15, 0.2) is 0 Å². The molecule has 0 aromatic heterocycles. The van der Waals surface area contributed by atoms with E-state index in [0.717, 1.165) is 17.7 Å². The molecule has 4 nitrogen and oxygen atoms in total. The molecule has 0 saturated carbocycles. The largest absolute Gasteiger partial charge is 0.416 e. The molecule has 2 aliphatic heterocycles. The van der Waals surface area contributed by atoms with Crippen molar-refractivity contribution in [3.05, 3.63) is 59.2 Å². The first-order valence-corrected chi connectivity index (χ1v) is 7.70. The lowest BCUT2D eigenvalue weighted by atomic mass is 9.70. The maximum absolute atomic E-state index is 12.9. The highest BCUT2D eigenvalue weighted by atomic mass is 19.4. The van der Waals surface area contributed by atoms with Gasteiger partial charge in [-0.15, -0.1) is 0 Å². The predicted molar refractivity (Wildman–Crippen MR) is 85.0 cm³/mol. The van der Waals surface area contributed by atoms with Crippen LogP contribution in [0, 0.1) is 5.41 Å². The Balaban J connectivity index is 1.75. The van der Waals surface area contributed by atoms with E-state index in [1.165, 1.54) is 6.07 Å². The molecule has 1 atom stereocenters. The number of rotatable bonds is 0. The van der Waals surface area contributed by atoms with Crippen LogP contribution in [0.25, 0.3) is 0 Å². The van der Waals surface area contributed by atoms with Crippen LogP contribution >= 0.6 is 0 Å². The highest BCUT2D eigenvalue weighted by Gasteiger charge is 2.51. The van der Waals surface area contributed by atoms with Gasteiger partial charge in [-0.2, -0.15) is 13.2 Å². The summed E-state index contributed by atoms with van der Waals surface area (Å²) in [7, 11) is 0. The van der Waals surface area contributed by atoms with E-state index in [1.54, 1.807) is 12.1 Å². The standard InChI is InChI=1S/C18H13F3N2O2/c19-18(20,21)12-6-5-11-9-17(16(25)23-14(11)7-12)8-10-3-1-2-4-13(10)22-15(17)24/h1-7H,8-9H2,(H,22,24)(H,23,25)/t17-/m0/s1. The first-order valence-electron chi connectivity index (χ1n) is 7.70. The highest BCUT2D eigenvalue weighted by Crippen LogP contribution is 2.43. The summed E-state index contributed by atoms with van der Waals surface area (Å²) in [5, 5.41) is 5.23. The van der Waals surface area contributed by atoms with Crippen LogP contribution < -0.4 is 10.6 Å². The Labute approximate surface area is 141 Å². The molecule has 25 heavy (non-hydrogen) atoms. The van der Waals surface area contributed by atoms with Crippen LogP contribution in [0.2, 0.25) is 0 Å². The number of halogens is 3. The Bertz CT molecular complexity index is 907. The van der Waals surface area contributed by atoms with Crippen molar-refractivity contribution in [1.29, 1.82) is 0 Å². The molecule has 0 fully saturated rings. The average Bonchev–Trinajstić information content (AvgIpc) is 2.55. The summed E-state index contributed by atoms with van der Waals surface area (Å²) in [6.45, 7) is 0. The van der Waals surface area contributed by atoms with Crippen LogP contribution in [0.1, 0.15) is 16.7 Å². The minimum Gasteiger partial charge on any atom is -0.325 e. The zero-order valence-electron chi connectivity index (χ0n) is 12.9. The molecule has 1 spiro atoms. The fourth-order valence-corrected chi connectivity index (χ4v) is 3.44. The summed E-state index contributed by atoms with van der Waals surface area (Å²) >= 11 is 0. The molecule has 0 saturated heterocycles. The normalized spacial score (nSPS) is 22.0. The zero-order chi connectivity index (χ0) is 17.8. The second kappa shape index (κ2) is 5.08. The van der Waals surface area contributed by atoms with Gasteiger partial charge in [0.1, 0.15) is 5.41 Å². The second-order valence-electron chi connectivity index (χ2n) is 6.37. The fourth-order valence-electron chi connectivity index (χ4n) is 3.44. The number of amides is 2. The first kappa shape index (κ1) is 15.7. The molecule has 2 aromatic carbocycles.